The predicted octanol–water partition coefficient (Wildman–Crippen LogP) is 3.21. The molecule has 0 heterocycles. The molecule has 2 aromatic carbocycles. The molecule has 2 unspecified atom stereocenters. The largest absolute Gasteiger partial charge is 0.549 e. The van der Waals surface area contributed by atoms with Crippen LogP contribution in [0.2, 0.25) is 0 Å². The van der Waals surface area contributed by atoms with Crippen LogP contribution < -0.4 is 5.11 Å². The highest BCUT2D eigenvalue weighted by Crippen LogP contribution is 2.39. The third-order valence-corrected chi connectivity index (χ3v) is 6.29. The molecule has 0 aromatic heterocycles. The zero-order valence-electron chi connectivity index (χ0n) is 10.5. The van der Waals surface area contributed by atoms with E-state index in [9.17, 15) is 9.90 Å². The van der Waals surface area contributed by atoms with Crippen LogP contribution in [0, 0.1) is 0 Å². The summed E-state index contributed by atoms with van der Waals surface area (Å²) in [6, 6.07) is 14.5. The molecule has 0 bridgehead atoms. The zero-order chi connectivity index (χ0) is 14.3. The van der Waals surface area contributed by atoms with Crippen molar-refractivity contribution in [3.05, 3.63) is 59.2 Å². The highest BCUT2D eigenvalue weighted by Gasteiger charge is 2.23. The molecular formula is C16H11Br2O2-. The maximum atomic E-state index is 10.9. The number of halogens is 2. The van der Waals surface area contributed by atoms with E-state index in [0.717, 1.165) is 12.0 Å². The van der Waals surface area contributed by atoms with Gasteiger partial charge in [-0.1, -0.05) is 74.3 Å². The van der Waals surface area contributed by atoms with E-state index in [1.807, 2.05) is 18.2 Å². The summed E-state index contributed by atoms with van der Waals surface area (Å²) >= 11 is 6.57. The van der Waals surface area contributed by atoms with E-state index in [-0.39, 0.29) is 4.83 Å². The number of hydrogen-bond donors (Lipinski definition) is 0. The van der Waals surface area contributed by atoms with E-state index in [1.54, 1.807) is 0 Å². The van der Waals surface area contributed by atoms with Crippen LogP contribution in [-0.4, -0.2) is 10.8 Å². The minimum atomic E-state index is -1.12. The highest BCUT2D eigenvalue weighted by molar-refractivity contribution is 9.12. The average Bonchev–Trinajstić information content (AvgIpc) is 2.83. The van der Waals surface area contributed by atoms with Gasteiger partial charge in [-0.05, 0) is 34.2 Å². The fourth-order valence-corrected chi connectivity index (χ4v) is 3.43. The molecule has 1 aliphatic carbocycles. The lowest BCUT2D eigenvalue weighted by Crippen LogP contribution is -2.34. The summed E-state index contributed by atoms with van der Waals surface area (Å²) in [5.74, 6) is -1.12. The molecule has 0 saturated carbocycles. The van der Waals surface area contributed by atoms with Gasteiger partial charge < -0.3 is 9.90 Å². The molecule has 102 valence electrons. The van der Waals surface area contributed by atoms with Crippen molar-refractivity contribution in [2.45, 2.75) is 16.1 Å². The zero-order valence-corrected chi connectivity index (χ0v) is 13.6. The van der Waals surface area contributed by atoms with Gasteiger partial charge in [0.2, 0.25) is 0 Å². The Bertz CT molecular complexity index is 682. The second kappa shape index (κ2) is 5.34. The molecule has 1 aliphatic rings. The first kappa shape index (κ1) is 13.8. The minimum absolute atomic E-state index is 0.304. The lowest BCUT2D eigenvalue weighted by molar-refractivity contribution is -0.304. The molecule has 0 saturated heterocycles. The fraction of sp³-hybridized carbons (Fsp3) is 0.188. The van der Waals surface area contributed by atoms with Crippen molar-refractivity contribution in [3.63, 3.8) is 0 Å². The van der Waals surface area contributed by atoms with Crippen molar-refractivity contribution >= 4 is 37.8 Å². The van der Waals surface area contributed by atoms with Crippen LogP contribution in [0.3, 0.4) is 0 Å². The second-order valence-corrected chi connectivity index (χ2v) is 6.85. The van der Waals surface area contributed by atoms with Crippen molar-refractivity contribution in [3.8, 4) is 11.1 Å². The van der Waals surface area contributed by atoms with Gasteiger partial charge in [0, 0.05) is 0 Å². The van der Waals surface area contributed by atoms with Crippen LogP contribution >= 0.6 is 31.9 Å². The summed E-state index contributed by atoms with van der Waals surface area (Å²) < 4.78 is 0. The summed E-state index contributed by atoms with van der Waals surface area (Å²) in [5.41, 5.74) is 6.02. The number of carboxylic acids is 1. The van der Waals surface area contributed by atoms with Crippen LogP contribution in [0.1, 0.15) is 21.5 Å². The molecular weight excluding hydrogens is 384 g/mol. The van der Waals surface area contributed by atoms with Crippen molar-refractivity contribution in [2.75, 3.05) is 0 Å². The Morgan fingerprint density at radius 3 is 2.50 bits per heavy atom. The van der Waals surface area contributed by atoms with Gasteiger partial charge in [0.15, 0.2) is 0 Å². The number of aliphatic carboxylic acids is 1. The van der Waals surface area contributed by atoms with Gasteiger partial charge in [-0.3, -0.25) is 0 Å². The first-order valence-corrected chi connectivity index (χ1v) is 8.11. The van der Waals surface area contributed by atoms with E-state index >= 15 is 0 Å². The van der Waals surface area contributed by atoms with Crippen LogP contribution in [0.4, 0.5) is 0 Å². The van der Waals surface area contributed by atoms with Crippen molar-refractivity contribution in [1.82, 2.24) is 0 Å². The van der Waals surface area contributed by atoms with E-state index < -0.39 is 10.8 Å². The minimum Gasteiger partial charge on any atom is -0.549 e. The van der Waals surface area contributed by atoms with E-state index in [0.29, 0.717) is 0 Å². The van der Waals surface area contributed by atoms with Gasteiger partial charge in [0.05, 0.1) is 15.6 Å². The number of hydrogen-bond acceptors (Lipinski definition) is 2. The van der Waals surface area contributed by atoms with Crippen LogP contribution in [0.15, 0.2) is 42.5 Å². The fourth-order valence-electron chi connectivity index (χ4n) is 2.63. The summed E-state index contributed by atoms with van der Waals surface area (Å²) in [5, 5.41) is 10.9. The number of fused-ring (bicyclic) bond motifs is 3. The van der Waals surface area contributed by atoms with Gasteiger partial charge >= 0.3 is 0 Å². The van der Waals surface area contributed by atoms with E-state index in [2.05, 4.69) is 56.1 Å². The van der Waals surface area contributed by atoms with Gasteiger partial charge in [-0.2, -0.15) is 0 Å². The highest BCUT2D eigenvalue weighted by atomic mass is 79.9. The number of carbonyl (C=O) groups is 1. The Balaban J connectivity index is 1.97. The van der Waals surface area contributed by atoms with E-state index in [4.69, 9.17) is 0 Å². The molecule has 0 amide bonds. The molecule has 0 spiro atoms. The summed E-state index contributed by atoms with van der Waals surface area (Å²) in [6.07, 6.45) is 0.900. The third kappa shape index (κ3) is 2.31. The number of benzene rings is 2. The lowest BCUT2D eigenvalue weighted by atomic mass is 10.0. The standard InChI is InChI=1S/C16H12Br2O2/c17-14(15(18)16(19)20)10-5-6-13-11(8-10)7-9-3-1-2-4-12(9)13/h1-6,8,14-15H,7H2,(H,19,20)/p-1. The first-order valence-electron chi connectivity index (χ1n) is 6.28. The smallest absolute Gasteiger partial charge is 0.0707 e. The van der Waals surface area contributed by atoms with Crippen molar-refractivity contribution in [2.24, 2.45) is 0 Å². The average molecular weight is 395 g/mol. The van der Waals surface area contributed by atoms with Crippen molar-refractivity contribution in [1.29, 1.82) is 0 Å². The SMILES string of the molecule is O=C([O-])C(Br)C(Br)c1ccc2c(c1)Cc1ccccc1-2. The number of carbonyl (C=O) groups excluding carboxylic acids is 1. The maximum Gasteiger partial charge on any atom is 0.0707 e. The summed E-state index contributed by atoms with van der Waals surface area (Å²) in [7, 11) is 0. The summed E-state index contributed by atoms with van der Waals surface area (Å²) in [4.78, 5) is 9.89. The molecule has 4 heteroatoms. The predicted molar refractivity (Wildman–Crippen MR) is 84.1 cm³/mol. The lowest BCUT2D eigenvalue weighted by Gasteiger charge is -2.18. The quantitative estimate of drug-likeness (QED) is 0.640. The summed E-state index contributed by atoms with van der Waals surface area (Å²) in [6.45, 7) is 0. The van der Waals surface area contributed by atoms with Gasteiger partial charge in [0.25, 0.3) is 0 Å². The van der Waals surface area contributed by atoms with Gasteiger partial charge in [0.1, 0.15) is 0 Å². The normalized spacial score (nSPS) is 15.3. The van der Waals surface area contributed by atoms with Crippen LogP contribution in [-0.2, 0) is 11.2 Å². The Morgan fingerprint density at radius 1 is 1.05 bits per heavy atom. The van der Waals surface area contributed by atoms with Gasteiger partial charge in [-0.15, -0.1) is 0 Å². The Morgan fingerprint density at radius 2 is 1.75 bits per heavy atom. The number of carboxylic acid groups (broad SMARTS) is 1. The molecule has 0 radical (unpaired) electrons. The molecule has 2 aromatic rings. The third-order valence-electron chi connectivity index (χ3n) is 3.62. The molecule has 20 heavy (non-hydrogen) atoms. The molecule has 0 fully saturated rings. The molecule has 3 rings (SSSR count). The molecule has 0 aliphatic heterocycles. The van der Waals surface area contributed by atoms with Crippen LogP contribution in [0.25, 0.3) is 11.1 Å². The first-order chi connectivity index (χ1) is 9.58. The molecule has 2 atom stereocenters. The van der Waals surface area contributed by atoms with Gasteiger partial charge in [-0.25, -0.2) is 0 Å². The van der Waals surface area contributed by atoms with Crippen LogP contribution in [0.5, 0.6) is 0 Å². The topological polar surface area (TPSA) is 40.1 Å². The Hall–Kier alpha value is -1.13. The molecule has 0 N–H and O–H groups in total. The monoisotopic (exact) mass is 393 g/mol. The van der Waals surface area contributed by atoms with E-state index in [1.165, 1.54) is 22.3 Å². The molecule has 2 nitrogen and oxygen atoms in total. The maximum absolute atomic E-state index is 10.9. The number of rotatable bonds is 3. The number of alkyl halides is 2. The Labute approximate surface area is 134 Å². The Kier molecular flexibility index (Phi) is 3.69. The van der Waals surface area contributed by atoms with Crippen molar-refractivity contribution < 1.29 is 9.90 Å². The second-order valence-electron chi connectivity index (χ2n) is 4.87.